The van der Waals surface area contributed by atoms with Crippen LogP contribution in [-0.2, 0) is 13.1 Å². The molecule has 3 heteroatoms. The second kappa shape index (κ2) is 5.46. The van der Waals surface area contributed by atoms with Crippen molar-refractivity contribution in [1.82, 2.24) is 14.5 Å². The molecule has 0 aliphatic carbocycles. The van der Waals surface area contributed by atoms with Crippen molar-refractivity contribution in [2.45, 2.75) is 32.4 Å². The van der Waals surface area contributed by atoms with Gasteiger partial charge in [0.15, 0.2) is 0 Å². The Labute approximate surface area is 114 Å². The van der Waals surface area contributed by atoms with Gasteiger partial charge < -0.3 is 4.57 Å². The van der Waals surface area contributed by atoms with Crippen molar-refractivity contribution in [3.63, 3.8) is 0 Å². The molecule has 1 fully saturated rings. The number of likely N-dealkylation sites (tertiary alicyclic amines) is 1. The molecule has 2 heterocycles. The highest BCUT2D eigenvalue weighted by atomic mass is 15.2. The highest BCUT2D eigenvalue weighted by Crippen LogP contribution is 2.18. The van der Waals surface area contributed by atoms with Gasteiger partial charge in [0.05, 0.1) is 24.1 Å². The molecule has 3 rings (SSSR count). The van der Waals surface area contributed by atoms with E-state index in [2.05, 4.69) is 27.5 Å². The van der Waals surface area contributed by atoms with E-state index in [0.717, 1.165) is 23.4 Å². The summed E-state index contributed by atoms with van der Waals surface area (Å²) in [6, 6.07) is 8.23. The van der Waals surface area contributed by atoms with E-state index in [1.165, 1.54) is 32.4 Å². The van der Waals surface area contributed by atoms with Crippen molar-refractivity contribution in [3.8, 4) is 12.3 Å². The summed E-state index contributed by atoms with van der Waals surface area (Å²) in [5.41, 5.74) is 2.19. The quantitative estimate of drug-likeness (QED) is 0.784. The number of rotatable bonds is 3. The van der Waals surface area contributed by atoms with Crippen LogP contribution in [0.15, 0.2) is 24.3 Å². The molecule has 0 radical (unpaired) electrons. The van der Waals surface area contributed by atoms with Crippen molar-refractivity contribution in [2.24, 2.45) is 0 Å². The number of nitrogens with zero attached hydrogens (tertiary/aromatic N) is 3. The second-order valence-electron chi connectivity index (χ2n) is 5.14. The van der Waals surface area contributed by atoms with Crippen LogP contribution in [0.5, 0.6) is 0 Å². The summed E-state index contributed by atoms with van der Waals surface area (Å²) in [6.45, 7) is 3.87. The third-order valence-corrected chi connectivity index (χ3v) is 3.80. The predicted molar refractivity (Wildman–Crippen MR) is 77.7 cm³/mol. The molecule has 1 aromatic heterocycles. The number of imidazole rings is 1. The number of aromatic nitrogens is 2. The molecule has 2 aromatic rings. The standard InChI is InChI=1S/C16H19N3/c1-2-10-19-15-9-5-4-8-14(15)17-16(19)13-18-11-6-3-7-12-18/h1,4-5,8-9H,3,6-7,10-13H2. The zero-order valence-corrected chi connectivity index (χ0v) is 11.2. The van der Waals surface area contributed by atoms with Gasteiger partial charge in [-0.05, 0) is 38.1 Å². The Kier molecular flexibility index (Phi) is 3.52. The fourth-order valence-electron chi connectivity index (χ4n) is 2.83. The Morgan fingerprint density at radius 2 is 1.95 bits per heavy atom. The fourth-order valence-corrected chi connectivity index (χ4v) is 2.83. The minimum atomic E-state index is 0.601. The number of terminal acetylenes is 1. The van der Waals surface area contributed by atoms with Crippen molar-refractivity contribution in [1.29, 1.82) is 0 Å². The van der Waals surface area contributed by atoms with Crippen LogP contribution in [0.4, 0.5) is 0 Å². The van der Waals surface area contributed by atoms with Crippen LogP contribution in [0, 0.1) is 12.3 Å². The monoisotopic (exact) mass is 253 g/mol. The maximum Gasteiger partial charge on any atom is 0.124 e. The largest absolute Gasteiger partial charge is 0.315 e. The van der Waals surface area contributed by atoms with Crippen LogP contribution in [0.3, 0.4) is 0 Å². The molecule has 0 spiro atoms. The van der Waals surface area contributed by atoms with Gasteiger partial charge in [-0.15, -0.1) is 6.42 Å². The first-order valence-electron chi connectivity index (χ1n) is 6.98. The van der Waals surface area contributed by atoms with Crippen molar-refractivity contribution < 1.29 is 0 Å². The molecule has 0 atom stereocenters. The average molecular weight is 253 g/mol. The fraction of sp³-hybridized carbons (Fsp3) is 0.438. The van der Waals surface area contributed by atoms with Gasteiger partial charge >= 0.3 is 0 Å². The summed E-state index contributed by atoms with van der Waals surface area (Å²) < 4.78 is 2.17. The van der Waals surface area contributed by atoms with Crippen LogP contribution in [0.25, 0.3) is 11.0 Å². The molecular formula is C16H19N3. The minimum Gasteiger partial charge on any atom is -0.315 e. The number of fused-ring (bicyclic) bond motifs is 1. The maximum absolute atomic E-state index is 5.50. The number of benzene rings is 1. The molecule has 19 heavy (non-hydrogen) atoms. The Hall–Kier alpha value is -1.79. The van der Waals surface area contributed by atoms with Gasteiger partial charge in [-0.2, -0.15) is 0 Å². The topological polar surface area (TPSA) is 21.1 Å². The molecular weight excluding hydrogens is 234 g/mol. The Morgan fingerprint density at radius 1 is 1.16 bits per heavy atom. The smallest absolute Gasteiger partial charge is 0.124 e. The summed E-state index contributed by atoms with van der Waals surface area (Å²) >= 11 is 0. The first-order chi connectivity index (χ1) is 9.38. The molecule has 0 bridgehead atoms. The van der Waals surface area contributed by atoms with E-state index in [-0.39, 0.29) is 0 Å². The highest BCUT2D eigenvalue weighted by Gasteiger charge is 2.15. The molecule has 0 amide bonds. The molecule has 1 aliphatic rings. The number of para-hydroxylation sites is 2. The lowest BCUT2D eigenvalue weighted by atomic mass is 10.1. The first-order valence-corrected chi connectivity index (χ1v) is 6.98. The molecule has 0 N–H and O–H groups in total. The number of hydrogen-bond donors (Lipinski definition) is 0. The molecule has 1 aromatic carbocycles. The third-order valence-electron chi connectivity index (χ3n) is 3.80. The maximum atomic E-state index is 5.50. The zero-order valence-electron chi connectivity index (χ0n) is 11.2. The Morgan fingerprint density at radius 3 is 2.74 bits per heavy atom. The second-order valence-corrected chi connectivity index (χ2v) is 5.14. The van der Waals surface area contributed by atoms with Gasteiger partial charge in [0.25, 0.3) is 0 Å². The van der Waals surface area contributed by atoms with Crippen molar-refractivity contribution in [3.05, 3.63) is 30.1 Å². The van der Waals surface area contributed by atoms with Crippen LogP contribution < -0.4 is 0 Å². The van der Waals surface area contributed by atoms with Gasteiger partial charge in [0.2, 0.25) is 0 Å². The predicted octanol–water partition coefficient (Wildman–Crippen LogP) is 2.66. The van der Waals surface area contributed by atoms with Gasteiger partial charge in [-0.25, -0.2) is 4.98 Å². The summed E-state index contributed by atoms with van der Waals surface area (Å²) in [6.07, 6.45) is 9.46. The van der Waals surface area contributed by atoms with Crippen LogP contribution >= 0.6 is 0 Å². The number of hydrogen-bond acceptors (Lipinski definition) is 2. The van der Waals surface area contributed by atoms with E-state index in [0.29, 0.717) is 6.54 Å². The lowest BCUT2D eigenvalue weighted by molar-refractivity contribution is 0.214. The molecule has 0 unspecified atom stereocenters. The summed E-state index contributed by atoms with van der Waals surface area (Å²) in [5.74, 6) is 3.84. The van der Waals surface area contributed by atoms with Crippen molar-refractivity contribution in [2.75, 3.05) is 13.1 Å². The van der Waals surface area contributed by atoms with Gasteiger partial charge in [-0.3, -0.25) is 4.90 Å². The molecule has 98 valence electrons. The van der Waals surface area contributed by atoms with E-state index < -0.39 is 0 Å². The van der Waals surface area contributed by atoms with Crippen LogP contribution in [0.2, 0.25) is 0 Å². The highest BCUT2D eigenvalue weighted by molar-refractivity contribution is 5.76. The van der Waals surface area contributed by atoms with Crippen LogP contribution in [0.1, 0.15) is 25.1 Å². The Bertz CT molecular complexity index is 600. The third kappa shape index (κ3) is 2.50. The SMILES string of the molecule is C#CCn1c(CN2CCCCC2)nc2ccccc21. The minimum absolute atomic E-state index is 0.601. The summed E-state index contributed by atoms with van der Waals surface area (Å²) in [5, 5.41) is 0. The normalized spacial score (nSPS) is 16.6. The van der Waals surface area contributed by atoms with Crippen LogP contribution in [-0.4, -0.2) is 27.5 Å². The van der Waals surface area contributed by atoms with Gasteiger partial charge in [-0.1, -0.05) is 24.5 Å². The summed E-state index contributed by atoms with van der Waals surface area (Å²) in [4.78, 5) is 7.23. The van der Waals surface area contributed by atoms with Crippen molar-refractivity contribution >= 4 is 11.0 Å². The molecule has 3 nitrogen and oxygen atoms in total. The van der Waals surface area contributed by atoms with E-state index in [1.807, 2.05) is 12.1 Å². The van der Waals surface area contributed by atoms with Gasteiger partial charge in [0.1, 0.15) is 5.82 Å². The van der Waals surface area contributed by atoms with E-state index in [9.17, 15) is 0 Å². The average Bonchev–Trinajstić information content (AvgIpc) is 2.79. The van der Waals surface area contributed by atoms with Gasteiger partial charge in [0, 0.05) is 0 Å². The van der Waals surface area contributed by atoms with E-state index >= 15 is 0 Å². The Balaban J connectivity index is 1.92. The molecule has 1 aliphatic heterocycles. The van der Waals surface area contributed by atoms with E-state index in [4.69, 9.17) is 11.4 Å². The molecule has 0 saturated carbocycles. The summed E-state index contributed by atoms with van der Waals surface area (Å²) in [7, 11) is 0. The zero-order chi connectivity index (χ0) is 13.1. The lowest BCUT2D eigenvalue weighted by Crippen LogP contribution is -2.30. The molecule has 1 saturated heterocycles. The van der Waals surface area contributed by atoms with E-state index in [1.54, 1.807) is 0 Å². The number of piperidine rings is 1. The first kappa shape index (κ1) is 12.3. The lowest BCUT2D eigenvalue weighted by Gasteiger charge is -2.26.